The molecular weight excluding hydrogens is 362 g/mol. The molecule has 1 atom stereocenters. The van der Waals surface area contributed by atoms with E-state index in [0.717, 1.165) is 32.2 Å². The molecule has 1 aliphatic rings. The minimum absolute atomic E-state index is 0.230. The summed E-state index contributed by atoms with van der Waals surface area (Å²) < 4.78 is 7.21. The highest BCUT2D eigenvalue weighted by atomic mass is 16.5. The second-order valence-corrected chi connectivity index (χ2v) is 7.31. The highest BCUT2D eigenvalue weighted by Gasteiger charge is 2.27. The van der Waals surface area contributed by atoms with Crippen molar-refractivity contribution in [2.75, 3.05) is 19.7 Å². The Balaban J connectivity index is 1.72. The quantitative estimate of drug-likeness (QED) is 0.628. The Morgan fingerprint density at radius 2 is 2.11 bits per heavy atom. The maximum absolute atomic E-state index is 12.4. The van der Waals surface area contributed by atoms with Crippen LogP contribution >= 0.6 is 0 Å². The molecule has 3 heterocycles. The predicted octanol–water partition coefficient (Wildman–Crippen LogP) is 1.94. The average Bonchev–Trinajstić information content (AvgIpc) is 2.99. The maximum Gasteiger partial charge on any atom is 0.327 e. The molecule has 2 aromatic rings. The van der Waals surface area contributed by atoms with Gasteiger partial charge in [0.05, 0.1) is 12.3 Å². The lowest BCUT2D eigenvalue weighted by atomic mass is 10.0. The molecule has 0 bridgehead atoms. The van der Waals surface area contributed by atoms with Gasteiger partial charge in [-0.05, 0) is 39.2 Å². The first kappa shape index (κ1) is 20.3. The molecule has 0 aromatic carbocycles. The number of nitrogens with zero attached hydrogens (tertiary/aromatic N) is 4. The highest BCUT2D eigenvalue weighted by Crippen LogP contribution is 2.19. The standard InChI is InChI=1S/C19H29N5O4/c1-3-4-12-28-18-20-13(2)15-16(22-18)24(19(27)21-15)11-7-10-23-9-6-5-8-14(23)17(25)26/h14H,3-12H2,1-2H3,(H,21,27)(H,25,26). The minimum Gasteiger partial charge on any atom is -0.480 e. The molecule has 2 N–H and O–H groups in total. The number of hydrogen-bond donors (Lipinski definition) is 2. The number of carboxylic acids is 1. The summed E-state index contributed by atoms with van der Waals surface area (Å²) in [5, 5.41) is 9.39. The number of nitrogens with one attached hydrogen (secondary N) is 1. The molecule has 1 unspecified atom stereocenters. The summed E-state index contributed by atoms with van der Waals surface area (Å²) in [4.78, 5) is 37.4. The van der Waals surface area contributed by atoms with Crippen LogP contribution in [0.1, 0.15) is 51.1 Å². The molecule has 9 heteroatoms. The Kier molecular flexibility index (Phi) is 6.66. The van der Waals surface area contributed by atoms with E-state index in [-0.39, 0.29) is 11.7 Å². The van der Waals surface area contributed by atoms with E-state index in [4.69, 9.17) is 4.74 Å². The Morgan fingerprint density at radius 1 is 1.29 bits per heavy atom. The molecule has 28 heavy (non-hydrogen) atoms. The van der Waals surface area contributed by atoms with Gasteiger partial charge in [0.25, 0.3) is 0 Å². The number of aryl methyl sites for hydroxylation is 2. The summed E-state index contributed by atoms with van der Waals surface area (Å²) in [7, 11) is 0. The SMILES string of the molecule is CCCCOc1nc(C)c2[nH]c(=O)n(CCCN3CCCCC3C(=O)O)c2n1. The molecule has 0 spiro atoms. The normalized spacial score (nSPS) is 17.9. The van der Waals surface area contributed by atoms with Crippen LogP contribution in [0.4, 0.5) is 0 Å². The van der Waals surface area contributed by atoms with Crippen LogP contribution in [0.15, 0.2) is 4.79 Å². The van der Waals surface area contributed by atoms with Crippen LogP contribution in [-0.2, 0) is 11.3 Å². The molecule has 1 fully saturated rings. The van der Waals surface area contributed by atoms with Crippen molar-refractivity contribution in [1.82, 2.24) is 24.4 Å². The topological polar surface area (TPSA) is 113 Å². The molecule has 1 saturated heterocycles. The van der Waals surface area contributed by atoms with Crippen LogP contribution in [0.2, 0.25) is 0 Å². The van der Waals surface area contributed by atoms with Crippen LogP contribution in [0.25, 0.3) is 11.2 Å². The average molecular weight is 391 g/mol. The number of imidazole rings is 1. The molecule has 0 amide bonds. The van der Waals surface area contributed by atoms with E-state index in [0.29, 0.717) is 49.4 Å². The molecular formula is C19H29N5O4. The minimum atomic E-state index is -0.763. The van der Waals surface area contributed by atoms with Gasteiger partial charge in [-0.15, -0.1) is 0 Å². The Morgan fingerprint density at radius 3 is 2.86 bits per heavy atom. The Bertz CT molecular complexity index is 875. The smallest absolute Gasteiger partial charge is 0.327 e. The van der Waals surface area contributed by atoms with Gasteiger partial charge in [-0.1, -0.05) is 19.8 Å². The van der Waals surface area contributed by atoms with Crippen molar-refractivity contribution in [3.63, 3.8) is 0 Å². The lowest BCUT2D eigenvalue weighted by Gasteiger charge is -2.32. The molecule has 0 aliphatic carbocycles. The number of hydrogen-bond acceptors (Lipinski definition) is 6. The number of rotatable bonds is 9. The van der Waals surface area contributed by atoms with E-state index in [1.165, 1.54) is 0 Å². The number of aromatic amines is 1. The first-order valence-corrected chi connectivity index (χ1v) is 10.1. The van der Waals surface area contributed by atoms with E-state index >= 15 is 0 Å². The molecule has 9 nitrogen and oxygen atoms in total. The largest absolute Gasteiger partial charge is 0.480 e. The van der Waals surface area contributed by atoms with Crippen molar-refractivity contribution in [1.29, 1.82) is 0 Å². The lowest BCUT2D eigenvalue weighted by Crippen LogP contribution is -2.45. The third-order valence-corrected chi connectivity index (χ3v) is 5.24. The van der Waals surface area contributed by atoms with Crippen molar-refractivity contribution in [3.8, 4) is 6.01 Å². The maximum atomic E-state index is 12.4. The fourth-order valence-electron chi connectivity index (χ4n) is 3.69. The van der Waals surface area contributed by atoms with E-state index in [2.05, 4.69) is 21.9 Å². The van der Waals surface area contributed by atoms with Crippen LogP contribution in [0.5, 0.6) is 6.01 Å². The second kappa shape index (κ2) is 9.18. The number of likely N-dealkylation sites (tertiary alicyclic amines) is 1. The second-order valence-electron chi connectivity index (χ2n) is 7.31. The van der Waals surface area contributed by atoms with Gasteiger partial charge >= 0.3 is 17.7 Å². The first-order valence-electron chi connectivity index (χ1n) is 10.1. The van der Waals surface area contributed by atoms with Gasteiger partial charge in [-0.25, -0.2) is 4.79 Å². The van der Waals surface area contributed by atoms with Gasteiger partial charge in [0, 0.05) is 13.1 Å². The third-order valence-electron chi connectivity index (χ3n) is 5.24. The summed E-state index contributed by atoms with van der Waals surface area (Å²) in [5.74, 6) is -0.763. The zero-order valence-corrected chi connectivity index (χ0v) is 16.6. The summed E-state index contributed by atoms with van der Waals surface area (Å²) in [6, 6.07) is -0.134. The fraction of sp³-hybridized carbons (Fsp3) is 0.684. The van der Waals surface area contributed by atoms with E-state index < -0.39 is 12.0 Å². The molecule has 2 aromatic heterocycles. The van der Waals surface area contributed by atoms with E-state index in [9.17, 15) is 14.7 Å². The molecule has 1 aliphatic heterocycles. The number of carbonyl (C=O) groups is 1. The number of aliphatic carboxylic acids is 1. The van der Waals surface area contributed by atoms with Crippen LogP contribution in [0.3, 0.4) is 0 Å². The van der Waals surface area contributed by atoms with Gasteiger partial charge in [0.15, 0.2) is 5.65 Å². The van der Waals surface area contributed by atoms with Gasteiger partial charge in [-0.2, -0.15) is 9.97 Å². The zero-order valence-electron chi connectivity index (χ0n) is 16.6. The van der Waals surface area contributed by atoms with Crippen LogP contribution in [0, 0.1) is 6.92 Å². The number of piperidine rings is 1. The van der Waals surface area contributed by atoms with Gasteiger partial charge in [-0.3, -0.25) is 14.3 Å². The monoisotopic (exact) mass is 391 g/mol. The summed E-state index contributed by atoms with van der Waals surface area (Å²) in [6.45, 7) is 6.34. The fourth-order valence-corrected chi connectivity index (χ4v) is 3.69. The summed E-state index contributed by atoms with van der Waals surface area (Å²) in [6.07, 6.45) is 5.26. The van der Waals surface area contributed by atoms with Crippen molar-refractivity contribution in [2.45, 2.75) is 65.0 Å². The molecule has 3 rings (SSSR count). The molecule has 154 valence electrons. The number of fused-ring (bicyclic) bond motifs is 1. The van der Waals surface area contributed by atoms with Crippen molar-refractivity contribution in [2.24, 2.45) is 0 Å². The number of carboxylic acid groups (broad SMARTS) is 1. The Hall–Kier alpha value is -2.42. The van der Waals surface area contributed by atoms with E-state index in [1.54, 1.807) is 4.57 Å². The first-order chi connectivity index (χ1) is 13.5. The van der Waals surface area contributed by atoms with Crippen molar-refractivity contribution < 1.29 is 14.6 Å². The highest BCUT2D eigenvalue weighted by molar-refractivity contribution is 5.74. The number of unbranched alkanes of at least 4 members (excludes halogenated alkanes) is 1. The van der Waals surface area contributed by atoms with Crippen LogP contribution < -0.4 is 10.4 Å². The lowest BCUT2D eigenvalue weighted by molar-refractivity contribution is -0.144. The van der Waals surface area contributed by atoms with Gasteiger partial charge < -0.3 is 14.8 Å². The van der Waals surface area contributed by atoms with Crippen LogP contribution in [-0.4, -0.2) is 61.2 Å². The number of H-pyrrole nitrogens is 1. The third kappa shape index (κ3) is 4.52. The predicted molar refractivity (Wildman–Crippen MR) is 105 cm³/mol. The molecule has 0 radical (unpaired) electrons. The van der Waals surface area contributed by atoms with Gasteiger partial charge in [0.2, 0.25) is 0 Å². The summed E-state index contributed by atoms with van der Waals surface area (Å²) in [5.41, 5.74) is 1.60. The number of aromatic nitrogens is 4. The molecule has 0 saturated carbocycles. The zero-order chi connectivity index (χ0) is 20.1. The summed E-state index contributed by atoms with van der Waals surface area (Å²) >= 11 is 0. The van der Waals surface area contributed by atoms with E-state index in [1.807, 2.05) is 11.8 Å². The Labute approximate surface area is 163 Å². The van der Waals surface area contributed by atoms with Crippen molar-refractivity contribution >= 4 is 17.1 Å². The van der Waals surface area contributed by atoms with Gasteiger partial charge in [0.1, 0.15) is 11.6 Å². The number of ether oxygens (including phenoxy) is 1. The van der Waals surface area contributed by atoms with Crippen molar-refractivity contribution in [3.05, 3.63) is 16.2 Å².